The Balaban J connectivity index is 1.72. The van der Waals surface area contributed by atoms with Crippen LogP contribution in [0.5, 0.6) is 0 Å². The lowest BCUT2D eigenvalue weighted by Gasteiger charge is -2.05. The summed E-state index contributed by atoms with van der Waals surface area (Å²) in [5, 5.41) is 10.8. The highest BCUT2D eigenvalue weighted by Gasteiger charge is 2.10. The van der Waals surface area contributed by atoms with E-state index in [1.165, 1.54) is 6.07 Å². The van der Waals surface area contributed by atoms with Crippen molar-refractivity contribution in [3.8, 4) is 11.5 Å². The topological polar surface area (TPSA) is 51.0 Å². The van der Waals surface area contributed by atoms with Crippen molar-refractivity contribution in [1.82, 2.24) is 10.2 Å². The van der Waals surface area contributed by atoms with Crippen molar-refractivity contribution >= 4 is 17.3 Å². The molecule has 3 aromatic rings. The lowest BCUT2D eigenvalue weighted by molar-refractivity contribution is 0.514. The predicted octanol–water partition coefficient (Wildman–Crippen LogP) is 4.14. The van der Waals surface area contributed by atoms with Crippen molar-refractivity contribution < 1.29 is 8.81 Å². The Labute approximate surface area is 125 Å². The first-order valence-electron chi connectivity index (χ1n) is 6.30. The lowest BCUT2D eigenvalue weighted by Crippen LogP contribution is -2.01. The Morgan fingerprint density at radius 2 is 1.86 bits per heavy atom. The SMILES string of the molecule is Fc1c(Cl)cccc1NCc1nnc(-c2ccccc2)o1. The van der Waals surface area contributed by atoms with Gasteiger partial charge in [-0.15, -0.1) is 10.2 Å². The van der Waals surface area contributed by atoms with E-state index in [9.17, 15) is 4.39 Å². The first kappa shape index (κ1) is 13.6. The van der Waals surface area contributed by atoms with Crippen molar-refractivity contribution in [2.45, 2.75) is 6.54 Å². The molecule has 21 heavy (non-hydrogen) atoms. The predicted molar refractivity (Wildman–Crippen MR) is 78.5 cm³/mol. The van der Waals surface area contributed by atoms with Crippen molar-refractivity contribution in [2.24, 2.45) is 0 Å². The fourth-order valence-electron chi connectivity index (χ4n) is 1.83. The monoisotopic (exact) mass is 303 g/mol. The molecule has 4 nitrogen and oxygen atoms in total. The minimum Gasteiger partial charge on any atom is -0.419 e. The van der Waals surface area contributed by atoms with E-state index < -0.39 is 5.82 Å². The third-order valence-electron chi connectivity index (χ3n) is 2.87. The van der Waals surface area contributed by atoms with Gasteiger partial charge in [0.15, 0.2) is 5.82 Å². The van der Waals surface area contributed by atoms with Crippen LogP contribution in [0.2, 0.25) is 5.02 Å². The summed E-state index contributed by atoms with van der Waals surface area (Å²) in [7, 11) is 0. The fourth-order valence-corrected chi connectivity index (χ4v) is 2.01. The molecule has 0 atom stereocenters. The first-order chi connectivity index (χ1) is 10.2. The number of nitrogens with zero attached hydrogens (tertiary/aromatic N) is 2. The molecule has 3 rings (SSSR count). The summed E-state index contributed by atoms with van der Waals surface area (Å²) in [4.78, 5) is 0. The molecule has 0 saturated heterocycles. The Morgan fingerprint density at radius 1 is 1.05 bits per heavy atom. The van der Waals surface area contributed by atoms with Gasteiger partial charge in [0.2, 0.25) is 11.8 Å². The molecule has 106 valence electrons. The van der Waals surface area contributed by atoms with Gasteiger partial charge in [0, 0.05) is 5.56 Å². The molecule has 0 saturated carbocycles. The molecule has 0 fully saturated rings. The lowest BCUT2D eigenvalue weighted by atomic mass is 10.2. The number of rotatable bonds is 4. The molecule has 0 amide bonds. The van der Waals surface area contributed by atoms with Gasteiger partial charge < -0.3 is 9.73 Å². The molecule has 0 radical (unpaired) electrons. The minimum atomic E-state index is -0.498. The smallest absolute Gasteiger partial charge is 0.247 e. The van der Waals surface area contributed by atoms with Crippen molar-refractivity contribution in [1.29, 1.82) is 0 Å². The molecule has 1 aromatic heterocycles. The van der Waals surface area contributed by atoms with Crippen LogP contribution < -0.4 is 5.32 Å². The van der Waals surface area contributed by atoms with Crippen LogP contribution >= 0.6 is 11.6 Å². The van der Waals surface area contributed by atoms with Gasteiger partial charge in [-0.05, 0) is 24.3 Å². The zero-order chi connectivity index (χ0) is 14.7. The highest BCUT2D eigenvalue weighted by Crippen LogP contribution is 2.23. The van der Waals surface area contributed by atoms with Gasteiger partial charge in [-0.2, -0.15) is 0 Å². The standard InChI is InChI=1S/C15H11ClFN3O/c16-11-7-4-8-12(14(11)17)18-9-13-19-20-15(21-13)10-5-2-1-3-6-10/h1-8,18H,9H2. The Kier molecular flexibility index (Phi) is 3.83. The van der Waals surface area contributed by atoms with E-state index in [0.717, 1.165) is 5.56 Å². The van der Waals surface area contributed by atoms with E-state index in [4.69, 9.17) is 16.0 Å². The molecule has 2 aromatic carbocycles. The quantitative estimate of drug-likeness (QED) is 0.787. The second-order valence-electron chi connectivity index (χ2n) is 4.32. The molecule has 1 heterocycles. The maximum Gasteiger partial charge on any atom is 0.247 e. The van der Waals surface area contributed by atoms with Crippen molar-refractivity contribution in [2.75, 3.05) is 5.32 Å². The molecule has 0 bridgehead atoms. The molecule has 1 N–H and O–H groups in total. The zero-order valence-electron chi connectivity index (χ0n) is 10.9. The van der Waals surface area contributed by atoms with E-state index in [-0.39, 0.29) is 11.6 Å². The molecule has 0 aliphatic rings. The van der Waals surface area contributed by atoms with E-state index in [1.807, 2.05) is 30.3 Å². The van der Waals surface area contributed by atoms with Crippen LogP contribution in [0.4, 0.5) is 10.1 Å². The average Bonchev–Trinajstić information content (AvgIpc) is 2.99. The average molecular weight is 304 g/mol. The summed E-state index contributed by atoms with van der Waals surface area (Å²) >= 11 is 5.71. The van der Waals surface area contributed by atoms with Crippen LogP contribution in [0, 0.1) is 5.82 Å². The second-order valence-corrected chi connectivity index (χ2v) is 4.73. The van der Waals surface area contributed by atoms with Gasteiger partial charge >= 0.3 is 0 Å². The number of benzene rings is 2. The number of nitrogens with one attached hydrogen (secondary N) is 1. The normalized spacial score (nSPS) is 10.6. The number of aromatic nitrogens is 2. The Morgan fingerprint density at radius 3 is 2.67 bits per heavy atom. The van der Waals surface area contributed by atoms with Gasteiger partial charge in [0.25, 0.3) is 0 Å². The van der Waals surface area contributed by atoms with E-state index in [0.29, 0.717) is 17.5 Å². The minimum absolute atomic E-state index is 0.0653. The number of halogens is 2. The third-order valence-corrected chi connectivity index (χ3v) is 3.16. The summed E-state index contributed by atoms with van der Waals surface area (Å²) in [6.07, 6.45) is 0. The van der Waals surface area contributed by atoms with Crippen LogP contribution in [0.25, 0.3) is 11.5 Å². The highest BCUT2D eigenvalue weighted by molar-refractivity contribution is 6.31. The molecule has 0 aliphatic heterocycles. The van der Waals surface area contributed by atoms with Gasteiger partial charge in [-0.25, -0.2) is 4.39 Å². The Bertz CT molecular complexity index is 746. The van der Waals surface area contributed by atoms with Gasteiger partial charge in [0.1, 0.15) is 0 Å². The van der Waals surface area contributed by atoms with E-state index >= 15 is 0 Å². The first-order valence-corrected chi connectivity index (χ1v) is 6.67. The van der Waals surface area contributed by atoms with Gasteiger partial charge in [-0.1, -0.05) is 35.9 Å². The largest absolute Gasteiger partial charge is 0.419 e. The molecule has 0 spiro atoms. The van der Waals surface area contributed by atoms with Gasteiger partial charge in [-0.3, -0.25) is 0 Å². The summed E-state index contributed by atoms with van der Waals surface area (Å²) in [5.41, 5.74) is 1.13. The van der Waals surface area contributed by atoms with Gasteiger partial charge in [0.05, 0.1) is 17.3 Å². The summed E-state index contributed by atoms with van der Waals surface area (Å²) in [6.45, 7) is 0.219. The van der Waals surface area contributed by atoms with Crippen LogP contribution in [0.15, 0.2) is 52.9 Å². The maximum absolute atomic E-state index is 13.7. The zero-order valence-corrected chi connectivity index (χ0v) is 11.6. The highest BCUT2D eigenvalue weighted by atomic mass is 35.5. The molecular formula is C15H11ClFN3O. The molecule has 6 heteroatoms. The molecular weight excluding hydrogens is 293 g/mol. The van der Waals surface area contributed by atoms with E-state index in [1.54, 1.807) is 12.1 Å². The summed E-state index contributed by atoms with van der Waals surface area (Å²) < 4.78 is 19.2. The summed E-state index contributed by atoms with van der Waals surface area (Å²) in [5.74, 6) is 0.300. The van der Waals surface area contributed by atoms with Crippen molar-refractivity contribution in [3.05, 3.63) is 65.3 Å². The number of anilines is 1. The maximum atomic E-state index is 13.7. The van der Waals surface area contributed by atoms with E-state index in [2.05, 4.69) is 15.5 Å². The fraction of sp³-hybridized carbons (Fsp3) is 0.0667. The molecule has 0 aliphatic carbocycles. The summed E-state index contributed by atoms with van der Waals surface area (Å²) in [6, 6.07) is 14.2. The third kappa shape index (κ3) is 3.03. The van der Waals surface area contributed by atoms with Crippen molar-refractivity contribution in [3.63, 3.8) is 0 Å². The van der Waals surface area contributed by atoms with Crippen LogP contribution in [0.1, 0.15) is 5.89 Å². The molecule has 0 unspecified atom stereocenters. The number of hydrogen-bond donors (Lipinski definition) is 1. The van der Waals surface area contributed by atoms with Crippen LogP contribution in [-0.2, 0) is 6.54 Å². The second kappa shape index (κ2) is 5.93. The Hall–Kier alpha value is -2.40. The number of hydrogen-bond acceptors (Lipinski definition) is 4. The van der Waals surface area contributed by atoms with Crippen LogP contribution in [0.3, 0.4) is 0 Å². The van der Waals surface area contributed by atoms with Crippen LogP contribution in [-0.4, -0.2) is 10.2 Å².